The van der Waals surface area contributed by atoms with E-state index in [0.29, 0.717) is 19.5 Å². The highest BCUT2D eigenvalue weighted by Crippen LogP contribution is 2.25. The van der Waals surface area contributed by atoms with Gasteiger partial charge in [0.05, 0.1) is 0 Å². The molecule has 3 amide bonds. The van der Waals surface area contributed by atoms with Crippen molar-refractivity contribution in [1.29, 1.82) is 0 Å². The van der Waals surface area contributed by atoms with E-state index in [9.17, 15) is 9.59 Å². The molecule has 0 aliphatic carbocycles. The van der Waals surface area contributed by atoms with Crippen LogP contribution < -0.4 is 10.2 Å². The lowest BCUT2D eigenvalue weighted by Crippen LogP contribution is -2.31. The van der Waals surface area contributed by atoms with E-state index in [1.165, 1.54) is 24.1 Å². The zero-order chi connectivity index (χ0) is 20.9. The molecule has 2 aromatic rings. The SMILES string of the molecule is CN(Cc1ccccc1N1CCCC1)C(=O)Nc1ccc(CN2CCCC2=O)cc1. The van der Waals surface area contributed by atoms with Gasteiger partial charge in [0, 0.05) is 57.6 Å². The molecule has 6 heteroatoms. The van der Waals surface area contributed by atoms with E-state index in [4.69, 9.17) is 0 Å². The predicted molar refractivity (Wildman–Crippen MR) is 119 cm³/mol. The average molecular weight is 407 g/mol. The second kappa shape index (κ2) is 9.20. The Kier molecular flexibility index (Phi) is 6.21. The van der Waals surface area contributed by atoms with Gasteiger partial charge in [-0.25, -0.2) is 4.79 Å². The topological polar surface area (TPSA) is 55.9 Å². The minimum atomic E-state index is -0.131. The fourth-order valence-electron chi connectivity index (χ4n) is 4.24. The maximum Gasteiger partial charge on any atom is 0.321 e. The highest BCUT2D eigenvalue weighted by atomic mass is 16.2. The third-order valence-electron chi connectivity index (χ3n) is 5.94. The number of hydrogen-bond donors (Lipinski definition) is 1. The molecule has 2 fully saturated rings. The van der Waals surface area contributed by atoms with Crippen LogP contribution in [0.1, 0.15) is 36.8 Å². The lowest BCUT2D eigenvalue weighted by atomic mass is 10.1. The first-order valence-corrected chi connectivity index (χ1v) is 10.8. The number of para-hydroxylation sites is 1. The van der Waals surface area contributed by atoms with Crippen molar-refractivity contribution in [2.24, 2.45) is 0 Å². The minimum Gasteiger partial charge on any atom is -0.371 e. The molecule has 2 heterocycles. The summed E-state index contributed by atoms with van der Waals surface area (Å²) in [5.41, 5.74) is 4.24. The fourth-order valence-corrected chi connectivity index (χ4v) is 4.24. The Morgan fingerprint density at radius 1 is 1.00 bits per heavy atom. The summed E-state index contributed by atoms with van der Waals surface area (Å²) in [5, 5.41) is 2.97. The number of nitrogens with zero attached hydrogens (tertiary/aromatic N) is 3. The predicted octanol–water partition coefficient (Wildman–Crippen LogP) is 4.07. The van der Waals surface area contributed by atoms with Crippen LogP contribution >= 0.6 is 0 Å². The Balaban J connectivity index is 1.34. The van der Waals surface area contributed by atoms with Gasteiger partial charge in [-0.2, -0.15) is 0 Å². The molecule has 2 aliphatic rings. The first-order chi connectivity index (χ1) is 14.6. The molecule has 4 rings (SSSR count). The van der Waals surface area contributed by atoms with Crippen LogP contribution in [0.15, 0.2) is 48.5 Å². The van der Waals surface area contributed by atoms with E-state index in [1.54, 1.807) is 4.90 Å². The normalized spacial score (nSPS) is 16.2. The molecule has 0 bridgehead atoms. The van der Waals surface area contributed by atoms with Gasteiger partial charge in [0.25, 0.3) is 0 Å². The number of rotatable bonds is 6. The second-order valence-electron chi connectivity index (χ2n) is 8.22. The van der Waals surface area contributed by atoms with Gasteiger partial charge in [0.1, 0.15) is 0 Å². The van der Waals surface area contributed by atoms with E-state index in [-0.39, 0.29) is 11.9 Å². The summed E-state index contributed by atoms with van der Waals surface area (Å²) in [6.07, 6.45) is 4.06. The van der Waals surface area contributed by atoms with E-state index in [2.05, 4.69) is 28.4 Å². The van der Waals surface area contributed by atoms with E-state index >= 15 is 0 Å². The van der Waals surface area contributed by atoms with Crippen LogP contribution in [0.4, 0.5) is 16.2 Å². The Bertz CT molecular complexity index is 890. The highest BCUT2D eigenvalue weighted by Gasteiger charge is 2.20. The monoisotopic (exact) mass is 406 g/mol. The van der Waals surface area contributed by atoms with Gasteiger partial charge in [-0.3, -0.25) is 4.79 Å². The van der Waals surface area contributed by atoms with Crippen molar-refractivity contribution in [3.63, 3.8) is 0 Å². The van der Waals surface area contributed by atoms with Gasteiger partial charge in [-0.1, -0.05) is 30.3 Å². The molecule has 2 aromatic carbocycles. The van der Waals surface area contributed by atoms with Crippen molar-refractivity contribution >= 4 is 23.3 Å². The molecule has 30 heavy (non-hydrogen) atoms. The van der Waals surface area contributed by atoms with Gasteiger partial charge in [0.2, 0.25) is 5.91 Å². The number of carbonyl (C=O) groups is 2. The van der Waals surface area contributed by atoms with E-state index in [1.807, 2.05) is 42.3 Å². The molecule has 2 aliphatic heterocycles. The summed E-state index contributed by atoms with van der Waals surface area (Å²) >= 11 is 0. The molecule has 0 atom stereocenters. The molecular formula is C24H30N4O2. The molecular weight excluding hydrogens is 376 g/mol. The van der Waals surface area contributed by atoms with Gasteiger partial charge in [-0.05, 0) is 48.6 Å². The Morgan fingerprint density at radius 3 is 2.43 bits per heavy atom. The molecule has 0 unspecified atom stereocenters. The Hall–Kier alpha value is -3.02. The summed E-state index contributed by atoms with van der Waals surface area (Å²) in [4.78, 5) is 30.5. The molecule has 158 valence electrons. The number of carbonyl (C=O) groups excluding carboxylic acids is 2. The molecule has 0 saturated carbocycles. The number of nitrogens with one attached hydrogen (secondary N) is 1. The number of benzene rings is 2. The number of urea groups is 1. The smallest absolute Gasteiger partial charge is 0.321 e. The summed E-state index contributed by atoms with van der Waals surface area (Å²) in [5.74, 6) is 0.225. The van der Waals surface area contributed by atoms with E-state index in [0.717, 1.165) is 37.3 Å². The number of hydrogen-bond acceptors (Lipinski definition) is 3. The number of likely N-dealkylation sites (tertiary alicyclic amines) is 1. The summed E-state index contributed by atoms with van der Waals surface area (Å²) < 4.78 is 0. The van der Waals surface area contributed by atoms with Gasteiger partial charge < -0.3 is 20.0 Å². The lowest BCUT2D eigenvalue weighted by Gasteiger charge is -2.24. The van der Waals surface area contributed by atoms with Crippen molar-refractivity contribution in [2.75, 3.05) is 36.9 Å². The molecule has 0 radical (unpaired) electrons. The summed E-state index contributed by atoms with van der Waals surface area (Å²) in [6.45, 7) is 4.21. The van der Waals surface area contributed by atoms with E-state index < -0.39 is 0 Å². The summed E-state index contributed by atoms with van der Waals surface area (Å²) in [6, 6.07) is 16.0. The molecule has 1 N–H and O–H groups in total. The maximum atomic E-state index is 12.7. The maximum absolute atomic E-state index is 12.7. The van der Waals surface area contributed by atoms with Gasteiger partial charge in [-0.15, -0.1) is 0 Å². The fraction of sp³-hybridized carbons (Fsp3) is 0.417. The molecule has 0 spiro atoms. The Labute approximate surface area is 178 Å². The first kappa shape index (κ1) is 20.3. The molecule has 6 nitrogen and oxygen atoms in total. The van der Waals surface area contributed by atoms with Crippen LogP contribution in [0.2, 0.25) is 0 Å². The lowest BCUT2D eigenvalue weighted by molar-refractivity contribution is -0.128. The molecule has 0 aromatic heterocycles. The minimum absolute atomic E-state index is 0.131. The average Bonchev–Trinajstić information content (AvgIpc) is 3.42. The van der Waals surface area contributed by atoms with Crippen LogP contribution in [0, 0.1) is 0 Å². The quantitative estimate of drug-likeness (QED) is 0.787. The van der Waals surface area contributed by atoms with Crippen molar-refractivity contribution in [3.05, 3.63) is 59.7 Å². The van der Waals surface area contributed by atoms with Gasteiger partial charge >= 0.3 is 6.03 Å². The number of anilines is 2. The zero-order valence-electron chi connectivity index (χ0n) is 17.6. The van der Waals surface area contributed by atoms with Crippen LogP contribution in [0.5, 0.6) is 0 Å². The third-order valence-corrected chi connectivity index (χ3v) is 5.94. The largest absolute Gasteiger partial charge is 0.371 e. The standard InChI is InChI=1S/C24H30N4O2/c1-26(18-20-7-2-3-8-22(20)27-14-4-5-15-27)24(30)25-21-12-10-19(11-13-21)17-28-16-6-9-23(28)29/h2-3,7-8,10-13H,4-6,9,14-18H2,1H3,(H,25,30). The second-order valence-corrected chi connectivity index (χ2v) is 8.22. The van der Waals surface area contributed by atoms with Crippen LogP contribution in [0.3, 0.4) is 0 Å². The highest BCUT2D eigenvalue weighted by molar-refractivity contribution is 5.89. The van der Waals surface area contributed by atoms with Crippen LogP contribution in [0.25, 0.3) is 0 Å². The van der Waals surface area contributed by atoms with Crippen LogP contribution in [-0.2, 0) is 17.9 Å². The van der Waals surface area contributed by atoms with Crippen molar-refractivity contribution in [3.8, 4) is 0 Å². The summed E-state index contributed by atoms with van der Waals surface area (Å²) in [7, 11) is 1.82. The van der Waals surface area contributed by atoms with Crippen molar-refractivity contribution < 1.29 is 9.59 Å². The zero-order valence-corrected chi connectivity index (χ0v) is 17.6. The van der Waals surface area contributed by atoms with Crippen molar-refractivity contribution in [2.45, 2.75) is 38.8 Å². The van der Waals surface area contributed by atoms with Crippen LogP contribution in [-0.4, -0.2) is 48.4 Å². The first-order valence-electron chi connectivity index (χ1n) is 10.8. The molecule has 2 saturated heterocycles. The number of amides is 3. The third kappa shape index (κ3) is 4.75. The Morgan fingerprint density at radius 2 is 1.73 bits per heavy atom. The van der Waals surface area contributed by atoms with Gasteiger partial charge in [0.15, 0.2) is 0 Å². The van der Waals surface area contributed by atoms with Crippen molar-refractivity contribution in [1.82, 2.24) is 9.80 Å².